The van der Waals surface area contributed by atoms with E-state index in [0.29, 0.717) is 5.92 Å². The van der Waals surface area contributed by atoms with Crippen molar-refractivity contribution in [3.63, 3.8) is 0 Å². The van der Waals surface area contributed by atoms with Crippen molar-refractivity contribution < 1.29 is 0 Å². The third kappa shape index (κ3) is 2.69. The molecule has 2 aromatic carbocycles. The van der Waals surface area contributed by atoms with Crippen LogP contribution in [-0.2, 0) is 5.41 Å². The third-order valence-corrected chi connectivity index (χ3v) is 4.52. The molecule has 1 unspecified atom stereocenters. The van der Waals surface area contributed by atoms with E-state index in [1.165, 1.54) is 16.7 Å². The lowest BCUT2D eigenvalue weighted by Crippen LogP contribution is -2.26. The molecule has 0 heterocycles. The first kappa shape index (κ1) is 14.6. The van der Waals surface area contributed by atoms with E-state index in [2.05, 4.69) is 105 Å². The predicted molar refractivity (Wildman–Crippen MR) is 94.9 cm³/mol. The van der Waals surface area contributed by atoms with Gasteiger partial charge in [-0.3, -0.25) is 0 Å². The van der Waals surface area contributed by atoms with E-state index in [1.807, 2.05) is 0 Å². The van der Waals surface area contributed by atoms with Crippen molar-refractivity contribution in [1.82, 2.24) is 0 Å². The Morgan fingerprint density at radius 1 is 0.773 bits per heavy atom. The zero-order valence-electron chi connectivity index (χ0n) is 13.2. The molecule has 0 amide bonds. The fraction of sp³-hybridized carbons (Fsp3) is 0.182. The summed E-state index contributed by atoms with van der Waals surface area (Å²) in [7, 11) is 0. The second-order valence-electron chi connectivity index (χ2n) is 6.08. The lowest BCUT2D eigenvalue weighted by molar-refractivity contribution is 0.681. The van der Waals surface area contributed by atoms with E-state index >= 15 is 0 Å². The first-order valence-electron chi connectivity index (χ1n) is 7.89. The topological polar surface area (TPSA) is 0 Å². The summed E-state index contributed by atoms with van der Waals surface area (Å²) in [4.78, 5) is 0. The average molecular weight is 286 g/mol. The molecule has 0 spiro atoms. The van der Waals surface area contributed by atoms with Crippen LogP contribution in [0.15, 0.2) is 96.6 Å². The van der Waals surface area contributed by atoms with E-state index < -0.39 is 0 Å². The van der Waals surface area contributed by atoms with Crippen LogP contribution >= 0.6 is 0 Å². The Morgan fingerprint density at radius 3 is 1.86 bits per heavy atom. The molecule has 0 saturated heterocycles. The van der Waals surface area contributed by atoms with Crippen LogP contribution in [0.4, 0.5) is 0 Å². The van der Waals surface area contributed by atoms with Crippen molar-refractivity contribution in [2.45, 2.75) is 19.3 Å². The van der Waals surface area contributed by atoms with Gasteiger partial charge in [0.15, 0.2) is 0 Å². The highest BCUT2D eigenvalue weighted by Gasteiger charge is 2.32. The van der Waals surface area contributed by atoms with Crippen LogP contribution in [0, 0.1) is 5.92 Å². The average Bonchev–Trinajstić information content (AvgIpc) is 2.80. The highest BCUT2D eigenvalue weighted by molar-refractivity contribution is 5.52. The van der Waals surface area contributed by atoms with Crippen LogP contribution in [0.2, 0.25) is 0 Å². The minimum absolute atomic E-state index is 0.140. The maximum Gasteiger partial charge on any atom is 0.0420 e. The van der Waals surface area contributed by atoms with Crippen molar-refractivity contribution >= 4 is 0 Å². The van der Waals surface area contributed by atoms with Gasteiger partial charge in [0, 0.05) is 5.41 Å². The van der Waals surface area contributed by atoms with Gasteiger partial charge in [-0.2, -0.15) is 0 Å². The normalized spacial score (nSPS) is 17.9. The van der Waals surface area contributed by atoms with Gasteiger partial charge in [-0.25, -0.2) is 0 Å². The molecule has 110 valence electrons. The van der Waals surface area contributed by atoms with Gasteiger partial charge >= 0.3 is 0 Å². The molecular weight excluding hydrogens is 264 g/mol. The van der Waals surface area contributed by atoms with Gasteiger partial charge in [0.1, 0.15) is 0 Å². The molecule has 0 radical (unpaired) electrons. The van der Waals surface area contributed by atoms with Gasteiger partial charge in [-0.05, 0) is 29.5 Å². The molecule has 0 N–H and O–H groups in total. The number of rotatable bonds is 3. The summed E-state index contributed by atoms with van der Waals surface area (Å²) >= 11 is 0. The van der Waals surface area contributed by atoms with Crippen LogP contribution in [0.1, 0.15) is 25.0 Å². The van der Waals surface area contributed by atoms with Crippen LogP contribution in [0.25, 0.3) is 0 Å². The summed E-state index contributed by atoms with van der Waals surface area (Å²) in [6.07, 6.45) is 11.2. The monoisotopic (exact) mass is 286 g/mol. The second-order valence-corrected chi connectivity index (χ2v) is 6.08. The van der Waals surface area contributed by atoms with Crippen molar-refractivity contribution in [3.8, 4) is 0 Å². The van der Waals surface area contributed by atoms with E-state index in [1.54, 1.807) is 0 Å². The minimum atomic E-state index is -0.140. The van der Waals surface area contributed by atoms with Gasteiger partial charge in [0.05, 0.1) is 0 Å². The van der Waals surface area contributed by atoms with Gasteiger partial charge in [-0.1, -0.05) is 98.0 Å². The van der Waals surface area contributed by atoms with Crippen LogP contribution in [0.3, 0.4) is 0 Å². The summed E-state index contributed by atoms with van der Waals surface area (Å²) < 4.78 is 0. The van der Waals surface area contributed by atoms with E-state index in [0.717, 1.165) is 0 Å². The molecule has 0 aromatic heterocycles. The second kappa shape index (κ2) is 6.19. The van der Waals surface area contributed by atoms with Gasteiger partial charge in [0.25, 0.3) is 0 Å². The summed E-state index contributed by atoms with van der Waals surface area (Å²) in [6, 6.07) is 21.6. The zero-order chi connectivity index (χ0) is 15.4. The first-order chi connectivity index (χ1) is 10.7. The van der Waals surface area contributed by atoms with E-state index in [-0.39, 0.29) is 5.41 Å². The molecule has 0 bridgehead atoms. The van der Waals surface area contributed by atoms with Gasteiger partial charge in [-0.15, -0.1) is 0 Å². The third-order valence-electron chi connectivity index (χ3n) is 4.52. The van der Waals surface area contributed by atoms with Gasteiger partial charge < -0.3 is 0 Å². The zero-order valence-corrected chi connectivity index (χ0v) is 13.2. The van der Waals surface area contributed by atoms with Crippen molar-refractivity contribution in [2.75, 3.05) is 0 Å². The van der Waals surface area contributed by atoms with Crippen LogP contribution < -0.4 is 0 Å². The lowest BCUT2D eigenvalue weighted by atomic mass is 9.70. The Kier molecular flexibility index (Phi) is 4.11. The predicted octanol–water partition coefficient (Wildman–Crippen LogP) is 5.68. The quantitative estimate of drug-likeness (QED) is 0.681. The number of allylic oxidation sites excluding steroid dienone is 6. The molecule has 22 heavy (non-hydrogen) atoms. The number of hydrogen-bond donors (Lipinski definition) is 0. The molecular formula is C22H22. The smallest absolute Gasteiger partial charge is 0.0420 e. The molecule has 0 aliphatic heterocycles. The molecule has 2 aromatic rings. The molecule has 1 atom stereocenters. The maximum absolute atomic E-state index is 2.38. The van der Waals surface area contributed by atoms with E-state index in [4.69, 9.17) is 0 Å². The summed E-state index contributed by atoms with van der Waals surface area (Å²) in [5.74, 6) is 0.441. The highest BCUT2D eigenvalue weighted by atomic mass is 14.3. The Bertz CT molecular complexity index is 663. The van der Waals surface area contributed by atoms with E-state index in [9.17, 15) is 0 Å². The molecule has 0 saturated carbocycles. The maximum atomic E-state index is 2.38. The fourth-order valence-electron chi connectivity index (χ4n) is 3.17. The first-order valence-corrected chi connectivity index (χ1v) is 7.89. The Balaban J connectivity index is 2.20. The summed E-state index contributed by atoms with van der Waals surface area (Å²) in [5.41, 5.74) is 3.86. The molecule has 1 aliphatic rings. The lowest BCUT2D eigenvalue weighted by Gasteiger charge is -2.33. The minimum Gasteiger partial charge on any atom is -0.0779 e. The Labute approximate surface area is 133 Å². The van der Waals surface area contributed by atoms with Crippen molar-refractivity contribution in [2.24, 2.45) is 5.92 Å². The molecule has 0 fully saturated rings. The molecule has 0 heteroatoms. The summed E-state index contributed by atoms with van der Waals surface area (Å²) in [5, 5.41) is 0. The van der Waals surface area contributed by atoms with Crippen molar-refractivity contribution in [1.29, 1.82) is 0 Å². The molecule has 0 nitrogen and oxygen atoms in total. The number of benzene rings is 2. The van der Waals surface area contributed by atoms with Crippen molar-refractivity contribution in [3.05, 3.63) is 108 Å². The summed E-state index contributed by atoms with van der Waals surface area (Å²) in [6.45, 7) is 4.56. The molecule has 1 aliphatic carbocycles. The Hall–Kier alpha value is -2.34. The van der Waals surface area contributed by atoms with Crippen LogP contribution in [0.5, 0.6) is 0 Å². The van der Waals surface area contributed by atoms with Crippen LogP contribution in [-0.4, -0.2) is 0 Å². The standard InChI is InChI=1S/C22H22/c1-18-11-9-10-16-21(17-18)22(2,19-12-5-3-6-13-19)20-14-7-4-8-15-20/h3-18H,1-2H3. The highest BCUT2D eigenvalue weighted by Crippen LogP contribution is 2.40. The Morgan fingerprint density at radius 2 is 1.32 bits per heavy atom. The molecule has 3 rings (SSSR count). The largest absolute Gasteiger partial charge is 0.0779 e. The fourth-order valence-corrected chi connectivity index (χ4v) is 3.17. The number of hydrogen-bond acceptors (Lipinski definition) is 0. The SMILES string of the molecule is CC1C=CC=CC(C(C)(c2ccccc2)c2ccccc2)=C1. The van der Waals surface area contributed by atoms with Gasteiger partial charge in [0.2, 0.25) is 0 Å².